The van der Waals surface area contributed by atoms with E-state index in [2.05, 4.69) is 19.9 Å². The summed E-state index contributed by atoms with van der Waals surface area (Å²) in [5.41, 5.74) is 1.37. The van der Waals surface area contributed by atoms with Gasteiger partial charge in [0, 0.05) is 15.7 Å². The van der Waals surface area contributed by atoms with Gasteiger partial charge in [-0.3, -0.25) is 0 Å². The van der Waals surface area contributed by atoms with Gasteiger partial charge in [-0.05, 0) is 51.2 Å². The predicted octanol–water partition coefficient (Wildman–Crippen LogP) is 1.83. The molecule has 0 unspecified atom stereocenters. The van der Waals surface area contributed by atoms with Crippen molar-refractivity contribution in [3.8, 4) is 0 Å². The van der Waals surface area contributed by atoms with Crippen molar-refractivity contribution in [2.75, 3.05) is 0 Å². The zero-order valence-electron chi connectivity index (χ0n) is 8.63. The van der Waals surface area contributed by atoms with Crippen LogP contribution in [0, 0.1) is 13.8 Å². The van der Waals surface area contributed by atoms with Gasteiger partial charge in [-0.25, -0.2) is 0 Å². The average Bonchev–Trinajstić information content (AvgIpc) is 2.39. The van der Waals surface area contributed by atoms with E-state index in [9.17, 15) is 9.90 Å². The minimum Gasteiger partial charge on any atom is -0.550 e. The number of carboxylic acid groups (broad SMARTS) is 1. The fourth-order valence-corrected chi connectivity index (χ4v) is 2.49. The van der Waals surface area contributed by atoms with Crippen LogP contribution in [0.1, 0.15) is 34.6 Å². The molecule has 0 radical (unpaired) electrons. The van der Waals surface area contributed by atoms with Crippen molar-refractivity contribution in [2.24, 2.45) is 0 Å². The number of rotatable bonds is 5. The van der Waals surface area contributed by atoms with Gasteiger partial charge in [0.25, 0.3) is 0 Å². The van der Waals surface area contributed by atoms with Crippen molar-refractivity contribution in [1.82, 2.24) is 0 Å². The number of aliphatic carboxylic acids is 1. The molecule has 0 spiro atoms. The van der Waals surface area contributed by atoms with Crippen molar-refractivity contribution < 1.29 is 9.90 Å². The molecule has 1 heterocycles. The maximum absolute atomic E-state index is 10.2. The first-order valence-corrected chi connectivity index (χ1v) is 5.67. The van der Waals surface area contributed by atoms with E-state index in [0.29, 0.717) is 0 Å². The summed E-state index contributed by atoms with van der Waals surface area (Å²) in [5.74, 6) is -0.941. The topological polar surface area (TPSA) is 40.1 Å². The molecule has 1 rings (SSSR count). The Morgan fingerprint density at radius 2 is 2.14 bits per heavy atom. The molecule has 0 saturated carbocycles. The third kappa shape index (κ3) is 3.50. The van der Waals surface area contributed by atoms with Crippen molar-refractivity contribution in [3.05, 3.63) is 21.4 Å². The summed E-state index contributed by atoms with van der Waals surface area (Å²) in [6.07, 6.45) is 2.83. The van der Waals surface area contributed by atoms with E-state index in [0.717, 1.165) is 19.3 Å². The first kappa shape index (κ1) is 11.2. The van der Waals surface area contributed by atoms with Gasteiger partial charge in [0.15, 0.2) is 0 Å². The number of thiophene rings is 1. The lowest BCUT2D eigenvalue weighted by atomic mass is 10.1. The van der Waals surface area contributed by atoms with Crippen LogP contribution in [-0.4, -0.2) is 5.97 Å². The highest BCUT2D eigenvalue weighted by Crippen LogP contribution is 2.22. The number of carbonyl (C=O) groups excluding carboxylic acids is 1. The van der Waals surface area contributed by atoms with Crippen LogP contribution in [0.15, 0.2) is 6.07 Å². The van der Waals surface area contributed by atoms with Gasteiger partial charge >= 0.3 is 0 Å². The van der Waals surface area contributed by atoms with Crippen LogP contribution in [0.2, 0.25) is 0 Å². The van der Waals surface area contributed by atoms with Gasteiger partial charge in [-0.1, -0.05) is 0 Å². The monoisotopic (exact) mass is 211 g/mol. The molecule has 3 heteroatoms. The highest BCUT2D eigenvalue weighted by molar-refractivity contribution is 7.12. The highest BCUT2D eigenvalue weighted by atomic mass is 32.1. The van der Waals surface area contributed by atoms with E-state index in [-0.39, 0.29) is 6.42 Å². The van der Waals surface area contributed by atoms with Crippen LogP contribution in [0.4, 0.5) is 0 Å². The zero-order valence-corrected chi connectivity index (χ0v) is 9.45. The van der Waals surface area contributed by atoms with Crippen LogP contribution in [0.5, 0.6) is 0 Å². The summed E-state index contributed by atoms with van der Waals surface area (Å²) >= 11 is 1.80. The van der Waals surface area contributed by atoms with Crippen LogP contribution < -0.4 is 5.11 Å². The number of carbonyl (C=O) groups is 1. The number of carboxylic acids is 1. The third-order valence-corrected chi connectivity index (χ3v) is 3.23. The quantitative estimate of drug-likeness (QED) is 0.697. The fraction of sp³-hybridized carbons (Fsp3) is 0.545. The van der Waals surface area contributed by atoms with E-state index in [1.54, 1.807) is 11.3 Å². The second-order valence-electron chi connectivity index (χ2n) is 3.52. The molecule has 14 heavy (non-hydrogen) atoms. The molecule has 0 aromatic carbocycles. The Morgan fingerprint density at radius 1 is 1.43 bits per heavy atom. The SMILES string of the molecule is Cc1cc(CCCCC(=O)[O-])c(C)s1. The third-order valence-electron chi connectivity index (χ3n) is 2.22. The number of unbranched alkanes of at least 4 members (excludes halogenated alkanes) is 1. The molecule has 0 aliphatic heterocycles. The Balaban J connectivity index is 2.31. The summed E-state index contributed by atoms with van der Waals surface area (Å²) in [5, 5.41) is 10.2. The summed E-state index contributed by atoms with van der Waals surface area (Å²) < 4.78 is 0. The fourth-order valence-electron chi connectivity index (χ4n) is 1.52. The number of aryl methyl sites for hydroxylation is 3. The normalized spacial score (nSPS) is 10.4. The highest BCUT2D eigenvalue weighted by Gasteiger charge is 2.01. The predicted molar refractivity (Wildman–Crippen MR) is 56.4 cm³/mol. The lowest BCUT2D eigenvalue weighted by Gasteiger charge is -2.01. The molecule has 0 N–H and O–H groups in total. The van der Waals surface area contributed by atoms with E-state index in [4.69, 9.17) is 0 Å². The molecule has 0 bridgehead atoms. The van der Waals surface area contributed by atoms with E-state index >= 15 is 0 Å². The second kappa shape index (κ2) is 5.15. The van der Waals surface area contributed by atoms with Crippen LogP contribution in [0.3, 0.4) is 0 Å². The molecule has 0 aliphatic carbocycles. The lowest BCUT2D eigenvalue weighted by molar-refractivity contribution is -0.305. The largest absolute Gasteiger partial charge is 0.550 e. The van der Waals surface area contributed by atoms with Crippen LogP contribution in [-0.2, 0) is 11.2 Å². The summed E-state index contributed by atoms with van der Waals surface area (Å²) in [6, 6.07) is 2.19. The van der Waals surface area contributed by atoms with E-state index in [1.807, 2.05) is 0 Å². The Kier molecular flexibility index (Phi) is 4.14. The van der Waals surface area contributed by atoms with Gasteiger partial charge in [0.05, 0.1) is 0 Å². The first-order valence-electron chi connectivity index (χ1n) is 4.85. The molecule has 0 amide bonds. The number of hydrogen-bond acceptors (Lipinski definition) is 3. The Bertz CT molecular complexity index is 315. The lowest BCUT2D eigenvalue weighted by Crippen LogP contribution is -2.21. The summed E-state index contributed by atoms with van der Waals surface area (Å²) in [6.45, 7) is 4.22. The Hall–Kier alpha value is -0.830. The number of hydrogen-bond donors (Lipinski definition) is 0. The standard InChI is InChI=1S/C11H16O2S/c1-8-7-10(9(2)14-8)5-3-4-6-11(12)13/h7H,3-6H2,1-2H3,(H,12,13)/p-1. The van der Waals surface area contributed by atoms with Gasteiger partial charge in [0.1, 0.15) is 0 Å². The average molecular weight is 211 g/mol. The van der Waals surface area contributed by atoms with Crippen molar-refractivity contribution in [2.45, 2.75) is 39.5 Å². The minimum absolute atomic E-state index is 0.183. The second-order valence-corrected chi connectivity index (χ2v) is 4.98. The Morgan fingerprint density at radius 3 is 2.64 bits per heavy atom. The molecule has 78 valence electrons. The molecule has 2 nitrogen and oxygen atoms in total. The van der Waals surface area contributed by atoms with Gasteiger partial charge in [-0.15, -0.1) is 11.3 Å². The van der Waals surface area contributed by atoms with Crippen molar-refractivity contribution >= 4 is 17.3 Å². The molecule has 0 fully saturated rings. The van der Waals surface area contributed by atoms with Crippen molar-refractivity contribution in [1.29, 1.82) is 0 Å². The summed E-state index contributed by atoms with van der Waals surface area (Å²) in [4.78, 5) is 12.9. The zero-order chi connectivity index (χ0) is 10.6. The first-order chi connectivity index (χ1) is 6.59. The molecule has 1 aromatic heterocycles. The van der Waals surface area contributed by atoms with Gasteiger partial charge < -0.3 is 9.90 Å². The molecular formula is C11H15O2S-. The molecule has 0 aliphatic rings. The molecular weight excluding hydrogens is 196 g/mol. The van der Waals surface area contributed by atoms with Gasteiger partial charge in [-0.2, -0.15) is 0 Å². The maximum atomic E-state index is 10.2. The Labute approximate surface area is 88.6 Å². The maximum Gasteiger partial charge on any atom is 0.0414 e. The summed E-state index contributed by atoms with van der Waals surface area (Å²) in [7, 11) is 0. The molecule has 0 saturated heterocycles. The molecule has 1 aromatic rings. The molecule has 0 atom stereocenters. The van der Waals surface area contributed by atoms with Crippen molar-refractivity contribution in [3.63, 3.8) is 0 Å². The minimum atomic E-state index is -0.941. The van der Waals surface area contributed by atoms with Crippen LogP contribution >= 0.6 is 11.3 Å². The van der Waals surface area contributed by atoms with E-state index in [1.165, 1.54) is 15.3 Å². The van der Waals surface area contributed by atoms with Gasteiger partial charge in [0.2, 0.25) is 0 Å². The van der Waals surface area contributed by atoms with Crippen LogP contribution in [0.25, 0.3) is 0 Å². The van der Waals surface area contributed by atoms with E-state index < -0.39 is 5.97 Å². The smallest absolute Gasteiger partial charge is 0.0414 e.